The fraction of sp³-hybridized carbons (Fsp3) is 0.0435. The summed E-state index contributed by atoms with van der Waals surface area (Å²) in [6, 6.07) is 14.8. The SMILES string of the molecule is COc1ccc(N=Nc2c(S(=O)(=O)[O-])cc3cc(S(=O)(=O)[O-])cc(Nc4nc(Cl)nc(Nc5ccc(Nc6nc(Cl)nc(Nc7cc(S(=O)(=O)[O-])cc8cc(S(=O)(=O)[O-])c(N=Nc9ccc(OC)c(S(=O)(=O)[O-])c9)c(O)c78)n6)cc5)n4)c3c2O)cc1S(=O)(=O)[O-].[Na+].[Na+].[Na+].[Na+].[Na+].[Na+]. The van der Waals surface area contributed by atoms with E-state index in [1.807, 2.05) is 0 Å². The van der Waals surface area contributed by atoms with Gasteiger partial charge < -0.3 is 68.3 Å². The minimum absolute atomic E-state index is 0. The number of ether oxygens (including phenoxy) is 2. The summed E-state index contributed by atoms with van der Waals surface area (Å²) < 4.78 is 230. The molecule has 0 saturated carbocycles. The van der Waals surface area contributed by atoms with Crippen LogP contribution in [0.15, 0.2) is 147 Å². The van der Waals surface area contributed by atoms with Crippen LogP contribution < -0.4 is 208 Å². The number of aromatic hydroxyl groups is 2. The second kappa shape index (κ2) is 34.1. The summed E-state index contributed by atoms with van der Waals surface area (Å²) in [6.45, 7) is 0. The number of methoxy groups -OCH3 is 2. The van der Waals surface area contributed by atoms with Gasteiger partial charge in [0.25, 0.3) is 0 Å². The fourth-order valence-electron chi connectivity index (χ4n) is 8.10. The third-order valence-electron chi connectivity index (χ3n) is 11.8. The van der Waals surface area contributed by atoms with E-state index in [9.17, 15) is 88.0 Å². The second-order valence-electron chi connectivity index (χ2n) is 17.7. The molecule has 0 saturated heterocycles. The molecule has 0 aliphatic heterocycles. The summed E-state index contributed by atoms with van der Waals surface area (Å²) in [6.07, 6.45) is 0. The van der Waals surface area contributed by atoms with Gasteiger partial charge >= 0.3 is 177 Å². The summed E-state index contributed by atoms with van der Waals surface area (Å²) in [5.74, 6) is -4.96. The third-order valence-corrected chi connectivity index (χ3v) is 17.2. The molecule has 96 heavy (non-hydrogen) atoms. The summed E-state index contributed by atoms with van der Waals surface area (Å²) in [4.78, 5) is 17.6. The molecule has 0 atom stereocenters. The Kier molecular flexibility index (Phi) is 30.9. The number of benzene rings is 7. The Bertz CT molecular complexity index is 5000. The van der Waals surface area contributed by atoms with E-state index in [2.05, 4.69) is 71.6 Å². The van der Waals surface area contributed by atoms with Crippen molar-refractivity contribution in [3.05, 3.63) is 108 Å². The van der Waals surface area contributed by atoms with Crippen molar-refractivity contribution in [2.75, 3.05) is 35.5 Å². The van der Waals surface area contributed by atoms with Crippen molar-refractivity contribution in [1.82, 2.24) is 29.9 Å². The maximum Gasteiger partial charge on any atom is 1.00 e. The van der Waals surface area contributed by atoms with E-state index >= 15 is 0 Å². The van der Waals surface area contributed by atoms with E-state index in [1.165, 1.54) is 24.3 Å². The molecule has 36 nitrogen and oxygen atoms in total. The van der Waals surface area contributed by atoms with Crippen LogP contribution in [-0.2, 0) is 60.7 Å². The largest absolute Gasteiger partial charge is 1.00 e. The maximum atomic E-state index is 12.5. The Balaban J connectivity index is 0.00000400. The summed E-state index contributed by atoms with van der Waals surface area (Å²) in [7, 11) is -30.4. The number of aromatic nitrogens is 6. The predicted molar refractivity (Wildman–Crippen MR) is 303 cm³/mol. The van der Waals surface area contributed by atoms with E-state index in [4.69, 9.17) is 32.7 Å². The van der Waals surface area contributed by atoms with Crippen LogP contribution >= 0.6 is 23.2 Å². The molecule has 0 amide bonds. The zero-order valence-electron chi connectivity index (χ0n) is 50.0. The zero-order valence-corrected chi connectivity index (χ0v) is 68.4. The monoisotopic (exact) mass is 1530 g/mol. The van der Waals surface area contributed by atoms with Crippen molar-refractivity contribution in [3.8, 4) is 23.0 Å². The number of hydrogen-bond donors (Lipinski definition) is 6. The van der Waals surface area contributed by atoms with Crippen molar-refractivity contribution in [2.45, 2.75) is 29.4 Å². The van der Waals surface area contributed by atoms with Gasteiger partial charge in [-0.3, -0.25) is 0 Å². The van der Waals surface area contributed by atoms with Crippen LogP contribution in [0.3, 0.4) is 0 Å². The summed E-state index contributed by atoms with van der Waals surface area (Å²) in [5.41, 5.74) is -3.78. The molecule has 470 valence electrons. The molecule has 0 radical (unpaired) electrons. The molecule has 7 aromatic carbocycles. The van der Waals surface area contributed by atoms with Gasteiger partial charge in [0.1, 0.15) is 83.6 Å². The van der Waals surface area contributed by atoms with Crippen molar-refractivity contribution in [2.24, 2.45) is 20.5 Å². The van der Waals surface area contributed by atoms with Gasteiger partial charge in [0.05, 0.1) is 66.3 Å². The number of phenolic OH excluding ortho intramolecular Hbond substituents is 2. The molecule has 0 bridgehead atoms. The number of halogens is 2. The smallest absolute Gasteiger partial charge is 0.744 e. The molecule has 0 spiro atoms. The predicted octanol–water partition coefficient (Wildman–Crippen LogP) is -11.6. The molecule has 0 aliphatic carbocycles. The van der Waals surface area contributed by atoms with Crippen LogP contribution in [0.4, 0.5) is 69.3 Å². The maximum absolute atomic E-state index is 12.5. The molecule has 9 aromatic rings. The van der Waals surface area contributed by atoms with E-state index in [-0.39, 0.29) is 201 Å². The summed E-state index contributed by atoms with van der Waals surface area (Å²) in [5, 5.41) is 45.2. The van der Waals surface area contributed by atoms with Gasteiger partial charge in [-0.2, -0.15) is 40.1 Å². The number of azo groups is 2. The Morgan fingerprint density at radius 3 is 0.969 bits per heavy atom. The average molecular weight is 1530 g/mol. The molecule has 0 unspecified atom stereocenters. The first-order valence-corrected chi connectivity index (χ1v) is 32.7. The first kappa shape index (κ1) is 86.9. The first-order chi connectivity index (χ1) is 41.9. The average Bonchev–Trinajstić information content (AvgIpc) is 0.754. The standard InChI is InChI=1S/C46H34Cl2N14O22S6.6Na/c1-83-29-9-7-23(15-31(29)87(71,72)73)59-61-37-33(89(77,78)79)13-19-11-25(85(65,66)67)17-27(35(19)39(37)63)51-45-55-41(47)53-43(57-45)49-21-3-5-22(6-4-21)50-44-54-42(48)56-46(58-44)52-28-18-26(86(68,69)70)12-20-14-34(90(80,81)82)38(40(64)36(20)28)62-60-24-8-10-30(84-2)32(16-24)88(74,75)76;;;;;;/h3-18,63-64H,1-2H3,(H,65,66,67)(H,68,69,70)(H,71,72,73)(H,74,75,76)(H,77,78,79)(H,80,81,82)(H2,49,51,53,55,57)(H2,50,52,54,56,58);;;;;;/q;6*+1/p-6. The van der Waals surface area contributed by atoms with Crippen LogP contribution in [-0.4, -0.2) is 132 Å². The topological polar surface area (TPSA) is 577 Å². The van der Waals surface area contributed by atoms with Crippen LogP contribution in [0.1, 0.15) is 0 Å². The number of nitrogens with zero attached hydrogens (tertiary/aromatic N) is 10. The number of hydrogen-bond acceptors (Lipinski definition) is 36. The van der Waals surface area contributed by atoms with Gasteiger partial charge in [0, 0.05) is 22.1 Å². The molecular formula is C46H28Cl2N14Na6O22S6. The van der Waals surface area contributed by atoms with Crippen LogP contribution in [0, 0.1) is 0 Å². The van der Waals surface area contributed by atoms with Crippen molar-refractivity contribution >= 4 is 175 Å². The molecule has 2 heterocycles. The van der Waals surface area contributed by atoms with Gasteiger partial charge in [-0.25, -0.2) is 50.5 Å². The van der Waals surface area contributed by atoms with Gasteiger partial charge in [0.15, 0.2) is 11.5 Å². The fourth-order valence-corrected chi connectivity index (χ4v) is 12.1. The van der Waals surface area contributed by atoms with Gasteiger partial charge in [0.2, 0.25) is 34.4 Å². The van der Waals surface area contributed by atoms with Crippen LogP contribution in [0.2, 0.25) is 10.6 Å². The number of fused-ring (bicyclic) bond motifs is 2. The van der Waals surface area contributed by atoms with Crippen LogP contribution in [0.5, 0.6) is 23.0 Å². The molecule has 0 aliphatic rings. The zero-order chi connectivity index (χ0) is 65.8. The molecule has 2 aromatic heterocycles. The Morgan fingerprint density at radius 1 is 0.385 bits per heavy atom. The van der Waals surface area contributed by atoms with Gasteiger partial charge in [-0.05, 0) is 131 Å². The number of phenols is 2. The van der Waals surface area contributed by atoms with Crippen molar-refractivity contribution < 1.29 is 275 Å². The Morgan fingerprint density at radius 2 is 0.688 bits per heavy atom. The van der Waals surface area contributed by atoms with E-state index in [0.717, 1.165) is 38.5 Å². The van der Waals surface area contributed by atoms with Crippen molar-refractivity contribution in [1.29, 1.82) is 0 Å². The third kappa shape index (κ3) is 20.9. The molecular weight excluding hydrogens is 1500 g/mol. The van der Waals surface area contributed by atoms with Crippen LogP contribution in [0.25, 0.3) is 21.5 Å². The molecule has 9 rings (SSSR count). The first-order valence-electron chi connectivity index (χ1n) is 23.5. The van der Waals surface area contributed by atoms with E-state index in [0.29, 0.717) is 48.5 Å². The second-order valence-corrected chi connectivity index (χ2v) is 26.5. The Labute approximate surface area is 685 Å². The number of nitrogens with one attached hydrogen (secondary N) is 4. The minimum Gasteiger partial charge on any atom is -0.744 e. The number of rotatable bonds is 20. The Hall–Kier alpha value is -3.28. The number of anilines is 8. The van der Waals surface area contributed by atoms with Crippen molar-refractivity contribution in [3.63, 3.8) is 0 Å². The molecule has 50 heteroatoms. The van der Waals surface area contributed by atoms with E-state index in [1.54, 1.807) is 0 Å². The van der Waals surface area contributed by atoms with Gasteiger partial charge in [-0.15, -0.1) is 10.2 Å². The van der Waals surface area contributed by atoms with Gasteiger partial charge in [-0.1, -0.05) is 0 Å². The summed E-state index contributed by atoms with van der Waals surface area (Å²) >= 11 is 12.5. The molecule has 6 N–H and O–H groups in total. The normalized spacial score (nSPS) is 11.9. The minimum atomic E-state index is -5.65. The quantitative estimate of drug-likeness (QED) is 0.0234. The molecule has 0 fully saturated rings. The van der Waals surface area contributed by atoms with E-state index < -0.39 is 191 Å².